The van der Waals surface area contributed by atoms with Gasteiger partial charge < -0.3 is 5.32 Å². The predicted molar refractivity (Wildman–Crippen MR) is 183 cm³/mol. The van der Waals surface area contributed by atoms with Crippen molar-refractivity contribution in [2.45, 2.75) is 126 Å². The average Bonchev–Trinajstić information content (AvgIpc) is 2.93. The number of nitrogens with zero attached hydrogens (tertiary/aromatic N) is 2. The number of benzene rings is 1. The largest absolute Gasteiger partial charge is 0.365 e. The average molecular weight is 606 g/mol. The first-order valence-corrected chi connectivity index (χ1v) is 17.3. The first kappa shape index (κ1) is 34.3. The van der Waals surface area contributed by atoms with Crippen molar-refractivity contribution in [2.24, 2.45) is 40.0 Å². The molecule has 1 N–H and O–H groups in total. The second-order valence-corrected chi connectivity index (χ2v) is 14.5. The van der Waals surface area contributed by atoms with Gasteiger partial charge in [-0.15, -0.1) is 6.58 Å². The molecule has 2 saturated carbocycles. The molecule has 1 aromatic carbocycles. The smallest absolute Gasteiger partial charge is 0.157 e. The fourth-order valence-corrected chi connectivity index (χ4v) is 8.18. The maximum Gasteiger partial charge on any atom is 0.157 e. The quantitative estimate of drug-likeness (QED) is 0.153. The molecule has 1 aromatic heterocycles. The number of halogens is 2. The van der Waals surface area contributed by atoms with Gasteiger partial charge in [-0.2, -0.15) is 0 Å². The number of anilines is 1. The molecule has 2 aliphatic rings. The first-order valence-electron chi connectivity index (χ1n) is 17.3. The molecule has 2 aliphatic carbocycles. The first-order chi connectivity index (χ1) is 21.0. The molecule has 1 spiro atoms. The Labute approximate surface area is 266 Å². The van der Waals surface area contributed by atoms with Crippen LogP contribution in [0.4, 0.5) is 20.4 Å². The molecule has 2 aromatic rings. The van der Waals surface area contributed by atoms with Crippen LogP contribution in [-0.2, 0) is 13.0 Å². The van der Waals surface area contributed by atoms with Crippen molar-refractivity contribution in [3.63, 3.8) is 0 Å². The summed E-state index contributed by atoms with van der Waals surface area (Å²) in [4.78, 5) is 9.79. The fraction of sp³-hybridized carbons (Fsp3) is 0.641. The summed E-state index contributed by atoms with van der Waals surface area (Å²) < 4.78 is 30.2. The van der Waals surface area contributed by atoms with Crippen molar-refractivity contribution in [1.29, 1.82) is 0 Å². The van der Waals surface area contributed by atoms with E-state index in [0.717, 1.165) is 41.7 Å². The van der Waals surface area contributed by atoms with Gasteiger partial charge in [-0.1, -0.05) is 65.9 Å². The van der Waals surface area contributed by atoms with Gasteiger partial charge in [0, 0.05) is 17.8 Å². The number of unbranched alkanes of at least 4 members (excludes halogenated alkanes) is 1. The van der Waals surface area contributed by atoms with Gasteiger partial charge in [0.1, 0.15) is 17.5 Å². The van der Waals surface area contributed by atoms with Gasteiger partial charge in [-0.05, 0) is 129 Å². The monoisotopic (exact) mass is 605 g/mol. The number of hydrogen-bond donors (Lipinski definition) is 1. The number of hydrogen-bond acceptors (Lipinski definition) is 3. The minimum atomic E-state index is -0.481. The Balaban J connectivity index is 1.41. The maximum atomic E-state index is 15.1. The number of aryl methyl sites for hydroxylation is 2. The maximum absolute atomic E-state index is 15.1. The summed E-state index contributed by atoms with van der Waals surface area (Å²) in [6.07, 6.45) is 15.1. The number of nitrogens with one attached hydrogen (secondary N) is 1. The van der Waals surface area contributed by atoms with E-state index in [0.29, 0.717) is 46.6 Å². The molecule has 0 aliphatic heterocycles. The summed E-state index contributed by atoms with van der Waals surface area (Å²) in [5.74, 6) is 3.01. The van der Waals surface area contributed by atoms with Gasteiger partial charge in [0.25, 0.3) is 0 Å². The van der Waals surface area contributed by atoms with Crippen LogP contribution in [0, 0.1) is 60.5 Å². The number of pyridine rings is 1. The minimum absolute atomic E-state index is 0.0398. The van der Waals surface area contributed by atoms with E-state index in [1.54, 1.807) is 0 Å². The molecule has 0 bridgehead atoms. The minimum Gasteiger partial charge on any atom is -0.365 e. The number of rotatable bonds is 16. The summed E-state index contributed by atoms with van der Waals surface area (Å²) in [6.45, 7) is 19.6. The van der Waals surface area contributed by atoms with Crippen LogP contribution >= 0.6 is 0 Å². The van der Waals surface area contributed by atoms with E-state index in [2.05, 4.69) is 52.6 Å². The Kier molecular flexibility index (Phi) is 11.8. The topological polar surface area (TPSA) is 37.3 Å². The molecule has 4 rings (SSSR count). The molecule has 1 heterocycles. The van der Waals surface area contributed by atoms with Crippen LogP contribution in [0.15, 0.2) is 35.8 Å². The van der Waals surface area contributed by atoms with Crippen LogP contribution in [0.1, 0.15) is 121 Å². The van der Waals surface area contributed by atoms with Gasteiger partial charge >= 0.3 is 0 Å². The van der Waals surface area contributed by atoms with Crippen LogP contribution in [-0.4, -0.2) is 10.7 Å². The van der Waals surface area contributed by atoms with Crippen molar-refractivity contribution < 1.29 is 8.78 Å². The number of aliphatic imine (C=N–C) groups is 1. The molecule has 0 saturated heterocycles. The van der Waals surface area contributed by atoms with Crippen LogP contribution in [0.25, 0.3) is 0 Å². The Morgan fingerprint density at radius 1 is 1.11 bits per heavy atom. The van der Waals surface area contributed by atoms with Crippen molar-refractivity contribution in [1.82, 2.24) is 4.98 Å². The van der Waals surface area contributed by atoms with Crippen molar-refractivity contribution in [2.75, 3.05) is 5.32 Å². The van der Waals surface area contributed by atoms with E-state index >= 15 is 8.78 Å². The summed E-state index contributed by atoms with van der Waals surface area (Å²) in [6, 6.07) is 5.12. The highest BCUT2D eigenvalue weighted by atomic mass is 19.1. The summed E-state index contributed by atoms with van der Waals surface area (Å²) >= 11 is 0. The van der Waals surface area contributed by atoms with Gasteiger partial charge in [-0.3, -0.25) is 0 Å². The van der Waals surface area contributed by atoms with Gasteiger partial charge in [0.2, 0.25) is 0 Å². The summed E-state index contributed by atoms with van der Waals surface area (Å²) in [7, 11) is 0. The zero-order chi connectivity index (χ0) is 32.0. The highest BCUT2D eigenvalue weighted by molar-refractivity contribution is 5.84. The van der Waals surface area contributed by atoms with Gasteiger partial charge in [-0.25, -0.2) is 18.8 Å². The third-order valence-electron chi connectivity index (χ3n) is 11.1. The number of aromatic nitrogens is 1. The Morgan fingerprint density at radius 3 is 2.36 bits per heavy atom. The SMILES string of the molecule is C=C[C@H](C(C)CCCC)[C@H](C)C(CC)CC(C)=Nc1nc(NCc2c(F)cc(CC3CC4(CCC4)C3)cc2F)c(C)cc1C. The molecular formula is C39H57F2N3. The molecule has 2 fully saturated rings. The highest BCUT2D eigenvalue weighted by Gasteiger charge is 2.47. The Hall–Kier alpha value is -2.56. The normalized spacial score (nSPS) is 19.2. The van der Waals surface area contributed by atoms with E-state index in [4.69, 9.17) is 9.98 Å². The van der Waals surface area contributed by atoms with E-state index in [1.165, 1.54) is 63.5 Å². The Bertz CT molecular complexity index is 1280. The lowest BCUT2D eigenvalue weighted by atomic mass is 9.51. The second kappa shape index (κ2) is 15.1. The Morgan fingerprint density at radius 2 is 1.80 bits per heavy atom. The standard InChI is InChI=1S/C39H57F2N3/c1-9-12-14-25(4)33(11-3)29(8)32(10-2)18-28(7)43-38-27(6)17-26(5)37(44-38)42-24-34-35(40)20-30(21-36(34)41)19-31-22-39(23-31)15-13-16-39/h11,17,20-21,25,29,31-33H,3,9-10,12-16,18-19,22-24H2,1-2,4-8H3,(H,42,44)/t25?,29-,32?,33-/m1/s1. The van der Waals surface area contributed by atoms with Gasteiger partial charge in [0.15, 0.2) is 5.82 Å². The molecule has 242 valence electrons. The van der Waals surface area contributed by atoms with Crippen molar-refractivity contribution >= 4 is 17.3 Å². The van der Waals surface area contributed by atoms with E-state index < -0.39 is 11.6 Å². The van der Waals surface area contributed by atoms with Crippen LogP contribution < -0.4 is 5.32 Å². The van der Waals surface area contributed by atoms with Crippen molar-refractivity contribution in [3.8, 4) is 0 Å². The molecule has 4 atom stereocenters. The van der Waals surface area contributed by atoms with E-state index in [9.17, 15) is 0 Å². The third-order valence-corrected chi connectivity index (χ3v) is 11.1. The highest BCUT2D eigenvalue weighted by Crippen LogP contribution is 2.59. The van der Waals surface area contributed by atoms with E-state index in [1.807, 2.05) is 19.9 Å². The lowest BCUT2D eigenvalue weighted by Gasteiger charge is -2.54. The van der Waals surface area contributed by atoms with E-state index in [-0.39, 0.29) is 12.1 Å². The van der Waals surface area contributed by atoms with Crippen LogP contribution in [0.2, 0.25) is 0 Å². The van der Waals surface area contributed by atoms with Crippen molar-refractivity contribution in [3.05, 3.63) is 64.7 Å². The van der Waals surface area contributed by atoms with Crippen LogP contribution in [0.5, 0.6) is 0 Å². The molecule has 5 heteroatoms. The second-order valence-electron chi connectivity index (χ2n) is 14.5. The summed E-state index contributed by atoms with van der Waals surface area (Å²) in [5.41, 5.74) is 4.39. The fourth-order valence-electron chi connectivity index (χ4n) is 8.18. The zero-order valence-electron chi connectivity index (χ0n) is 28.5. The molecule has 2 unspecified atom stereocenters. The lowest BCUT2D eigenvalue weighted by Crippen LogP contribution is -2.43. The van der Waals surface area contributed by atoms with Crippen LogP contribution in [0.3, 0.4) is 0 Å². The third kappa shape index (κ3) is 8.17. The summed E-state index contributed by atoms with van der Waals surface area (Å²) in [5, 5.41) is 3.21. The molecule has 3 nitrogen and oxygen atoms in total. The molecule has 44 heavy (non-hydrogen) atoms. The predicted octanol–water partition coefficient (Wildman–Crippen LogP) is 11.5. The van der Waals surface area contributed by atoms with Gasteiger partial charge in [0.05, 0.1) is 0 Å². The molecule has 0 radical (unpaired) electrons. The zero-order valence-corrected chi connectivity index (χ0v) is 28.5. The lowest BCUT2D eigenvalue weighted by molar-refractivity contribution is -0.0239. The molecule has 0 amide bonds. The molecular weight excluding hydrogens is 548 g/mol. The number of allylic oxidation sites excluding steroid dienone is 1.